The number of carbonyl (C=O) groups is 1. The summed E-state index contributed by atoms with van der Waals surface area (Å²) in [7, 11) is 0. The number of phenols is 1. The summed E-state index contributed by atoms with van der Waals surface area (Å²) < 4.78 is 5.54. The first kappa shape index (κ1) is 13.5. The quantitative estimate of drug-likeness (QED) is 0.800. The van der Waals surface area contributed by atoms with Gasteiger partial charge in [-0.25, -0.2) is 0 Å². The second-order valence-electron chi connectivity index (χ2n) is 4.69. The smallest absolute Gasteiger partial charge is 0.223 e. The number of fused-ring (bicyclic) bond motifs is 1. The maximum absolute atomic E-state index is 11.3. The molecule has 0 fully saturated rings. The van der Waals surface area contributed by atoms with Crippen LogP contribution in [0.2, 0.25) is 0 Å². The molecule has 1 unspecified atom stereocenters. The van der Waals surface area contributed by atoms with Gasteiger partial charge in [-0.15, -0.1) is 6.58 Å². The lowest BCUT2D eigenvalue weighted by Gasteiger charge is -2.26. The van der Waals surface area contributed by atoms with E-state index in [0.29, 0.717) is 25.5 Å². The van der Waals surface area contributed by atoms with E-state index < -0.39 is 0 Å². The van der Waals surface area contributed by atoms with E-state index in [0.717, 1.165) is 24.2 Å². The molecule has 1 aliphatic heterocycles. The van der Waals surface area contributed by atoms with Crippen LogP contribution < -0.4 is 10.1 Å². The van der Waals surface area contributed by atoms with Gasteiger partial charge in [-0.05, 0) is 30.4 Å². The summed E-state index contributed by atoms with van der Waals surface area (Å²) in [4.78, 5) is 11.3. The van der Waals surface area contributed by atoms with Crippen molar-refractivity contribution in [1.82, 2.24) is 5.32 Å². The molecule has 1 atom stereocenters. The molecule has 19 heavy (non-hydrogen) atoms. The third-order valence-corrected chi connectivity index (χ3v) is 3.31. The molecule has 2 N–H and O–H groups in total. The molecule has 4 heteroatoms. The number of hydrogen-bond acceptors (Lipinski definition) is 3. The van der Waals surface area contributed by atoms with Gasteiger partial charge in [-0.2, -0.15) is 0 Å². The Hall–Kier alpha value is -1.97. The van der Waals surface area contributed by atoms with Crippen LogP contribution in [-0.4, -0.2) is 24.2 Å². The fraction of sp³-hybridized carbons (Fsp3) is 0.400. The van der Waals surface area contributed by atoms with Crippen molar-refractivity contribution in [2.24, 2.45) is 0 Å². The molecule has 0 saturated heterocycles. The van der Waals surface area contributed by atoms with Crippen LogP contribution in [0.4, 0.5) is 0 Å². The second kappa shape index (κ2) is 6.27. The Kier molecular flexibility index (Phi) is 4.44. The number of carbonyl (C=O) groups excluding carboxylic acids is 1. The molecule has 2 rings (SSSR count). The first-order chi connectivity index (χ1) is 9.20. The van der Waals surface area contributed by atoms with Crippen LogP contribution >= 0.6 is 0 Å². The second-order valence-corrected chi connectivity index (χ2v) is 4.69. The number of ether oxygens (including phenoxy) is 1. The Labute approximate surface area is 113 Å². The predicted octanol–water partition coefficient (Wildman–Crippen LogP) is 2.34. The molecule has 4 nitrogen and oxygen atoms in total. The van der Waals surface area contributed by atoms with Crippen molar-refractivity contribution in [2.75, 3.05) is 13.2 Å². The summed E-state index contributed by atoms with van der Waals surface area (Å²) in [5, 5.41) is 12.3. The summed E-state index contributed by atoms with van der Waals surface area (Å²) in [6, 6.07) is 5.23. The van der Waals surface area contributed by atoms with E-state index in [1.54, 1.807) is 18.2 Å². The first-order valence-electron chi connectivity index (χ1n) is 6.54. The van der Waals surface area contributed by atoms with Crippen molar-refractivity contribution in [3.05, 3.63) is 36.4 Å². The molecule has 1 aromatic carbocycles. The number of hydrogen-bond donors (Lipinski definition) is 2. The van der Waals surface area contributed by atoms with Crippen LogP contribution in [0, 0.1) is 0 Å². The maximum Gasteiger partial charge on any atom is 0.223 e. The van der Waals surface area contributed by atoms with Crippen molar-refractivity contribution >= 4 is 5.91 Å². The fourth-order valence-corrected chi connectivity index (χ4v) is 2.34. The lowest BCUT2D eigenvalue weighted by atomic mass is 9.90. The van der Waals surface area contributed by atoms with Crippen molar-refractivity contribution < 1.29 is 14.6 Å². The average Bonchev–Trinajstić information content (AvgIpc) is 2.39. The average molecular weight is 261 g/mol. The Morgan fingerprint density at radius 3 is 3.21 bits per heavy atom. The van der Waals surface area contributed by atoms with Crippen LogP contribution in [0.3, 0.4) is 0 Å². The van der Waals surface area contributed by atoms with Gasteiger partial charge in [-0.1, -0.05) is 12.1 Å². The van der Waals surface area contributed by atoms with Gasteiger partial charge >= 0.3 is 0 Å². The van der Waals surface area contributed by atoms with Crippen molar-refractivity contribution in [3.63, 3.8) is 0 Å². The summed E-state index contributed by atoms with van der Waals surface area (Å²) >= 11 is 0. The summed E-state index contributed by atoms with van der Waals surface area (Å²) in [5.41, 5.74) is 1.11. The molecule has 0 bridgehead atoms. The highest BCUT2D eigenvalue weighted by Crippen LogP contribution is 2.37. The topological polar surface area (TPSA) is 58.6 Å². The van der Waals surface area contributed by atoms with Gasteiger partial charge in [0.15, 0.2) is 0 Å². The molecule has 0 saturated carbocycles. The van der Waals surface area contributed by atoms with E-state index in [1.165, 1.54) is 0 Å². The largest absolute Gasteiger partial charge is 0.508 e. The number of nitrogens with one attached hydrogen (secondary N) is 1. The minimum Gasteiger partial charge on any atom is -0.508 e. The number of phenolic OH excluding ortho intramolecular Hbond substituents is 1. The molecular weight excluding hydrogens is 242 g/mol. The van der Waals surface area contributed by atoms with Crippen LogP contribution in [0.25, 0.3) is 0 Å². The number of amides is 1. The lowest BCUT2D eigenvalue weighted by Crippen LogP contribution is -2.26. The zero-order chi connectivity index (χ0) is 13.7. The Balaban J connectivity index is 1.92. The summed E-state index contributed by atoms with van der Waals surface area (Å²) in [5.74, 6) is 1.36. The van der Waals surface area contributed by atoms with E-state index in [1.807, 2.05) is 6.07 Å². The van der Waals surface area contributed by atoms with E-state index in [2.05, 4.69) is 11.9 Å². The molecule has 0 aliphatic carbocycles. The molecule has 0 aromatic heterocycles. The molecule has 1 amide bonds. The van der Waals surface area contributed by atoms with Gasteiger partial charge in [-0.3, -0.25) is 4.79 Å². The lowest BCUT2D eigenvalue weighted by molar-refractivity contribution is -0.120. The van der Waals surface area contributed by atoms with E-state index >= 15 is 0 Å². The van der Waals surface area contributed by atoms with Crippen LogP contribution in [0.5, 0.6) is 11.5 Å². The van der Waals surface area contributed by atoms with Gasteiger partial charge in [0.1, 0.15) is 11.5 Å². The third-order valence-electron chi connectivity index (χ3n) is 3.31. The molecule has 102 valence electrons. The third kappa shape index (κ3) is 3.50. The van der Waals surface area contributed by atoms with E-state index in [9.17, 15) is 9.90 Å². The zero-order valence-electron chi connectivity index (χ0n) is 10.9. The molecule has 1 heterocycles. The van der Waals surface area contributed by atoms with Crippen molar-refractivity contribution in [3.8, 4) is 11.5 Å². The normalized spacial score (nSPS) is 17.2. The van der Waals surface area contributed by atoms with E-state index in [-0.39, 0.29) is 11.7 Å². The summed E-state index contributed by atoms with van der Waals surface area (Å²) in [6.45, 7) is 4.84. The first-order valence-corrected chi connectivity index (χ1v) is 6.54. The Morgan fingerprint density at radius 2 is 2.42 bits per heavy atom. The van der Waals surface area contributed by atoms with Gasteiger partial charge in [0.05, 0.1) is 6.61 Å². The fourth-order valence-electron chi connectivity index (χ4n) is 2.34. The predicted molar refractivity (Wildman–Crippen MR) is 73.4 cm³/mol. The molecular formula is C15H19NO3. The minimum atomic E-state index is 0.00740. The van der Waals surface area contributed by atoms with Gasteiger partial charge in [0.2, 0.25) is 5.91 Å². The molecule has 0 radical (unpaired) electrons. The Bertz CT molecular complexity index is 470. The SMILES string of the molecule is C=CCC(=O)NCCC1CCOc2cc(O)ccc21. The standard InChI is InChI=1S/C15H19NO3/c1-2-3-15(18)16-8-6-11-7-9-19-14-10-12(17)4-5-13(11)14/h2,4-5,10-11,17H,1,3,6-9H2,(H,16,18). The zero-order valence-corrected chi connectivity index (χ0v) is 10.9. The van der Waals surface area contributed by atoms with Crippen LogP contribution in [-0.2, 0) is 4.79 Å². The number of rotatable bonds is 5. The maximum atomic E-state index is 11.3. The monoisotopic (exact) mass is 261 g/mol. The Morgan fingerprint density at radius 1 is 1.58 bits per heavy atom. The number of aromatic hydroxyl groups is 1. The highest BCUT2D eigenvalue weighted by molar-refractivity contribution is 5.77. The summed E-state index contributed by atoms with van der Waals surface area (Å²) in [6.07, 6.45) is 3.78. The van der Waals surface area contributed by atoms with E-state index in [4.69, 9.17) is 4.74 Å². The van der Waals surface area contributed by atoms with Crippen molar-refractivity contribution in [2.45, 2.75) is 25.2 Å². The molecule has 1 aromatic rings. The minimum absolute atomic E-state index is 0.00740. The highest BCUT2D eigenvalue weighted by Gasteiger charge is 2.21. The van der Waals surface area contributed by atoms with Gasteiger partial charge in [0.25, 0.3) is 0 Å². The van der Waals surface area contributed by atoms with Crippen LogP contribution in [0.15, 0.2) is 30.9 Å². The van der Waals surface area contributed by atoms with Gasteiger partial charge < -0.3 is 15.2 Å². The number of benzene rings is 1. The van der Waals surface area contributed by atoms with Crippen molar-refractivity contribution in [1.29, 1.82) is 0 Å². The highest BCUT2D eigenvalue weighted by atomic mass is 16.5. The van der Waals surface area contributed by atoms with Gasteiger partial charge in [0, 0.05) is 19.0 Å². The molecule has 0 spiro atoms. The molecule has 1 aliphatic rings. The van der Waals surface area contributed by atoms with Crippen LogP contribution in [0.1, 0.15) is 30.7 Å².